The molecule has 0 aliphatic carbocycles. The van der Waals surface area contributed by atoms with Crippen LogP contribution in [0.4, 0.5) is 11.6 Å². The third-order valence-electron chi connectivity index (χ3n) is 3.91. The van der Waals surface area contributed by atoms with Gasteiger partial charge in [-0.1, -0.05) is 13.0 Å². The molecule has 3 aromatic rings. The second-order valence-electron chi connectivity index (χ2n) is 6.18. The maximum Gasteiger partial charge on any atom is 0.183 e. The summed E-state index contributed by atoms with van der Waals surface area (Å²) in [5.41, 5.74) is 0.741. The van der Waals surface area contributed by atoms with E-state index in [1.165, 1.54) is 12.1 Å². The number of rotatable bonds is 7. The molecule has 0 saturated carbocycles. The minimum absolute atomic E-state index is 0.0750. The summed E-state index contributed by atoms with van der Waals surface area (Å²) in [4.78, 5) is 35.6. The van der Waals surface area contributed by atoms with Gasteiger partial charge in [0, 0.05) is 36.9 Å². The summed E-state index contributed by atoms with van der Waals surface area (Å²) in [7, 11) is 0. The number of H-pyrrole nitrogens is 1. The van der Waals surface area contributed by atoms with Crippen LogP contribution in [0.3, 0.4) is 0 Å². The third kappa shape index (κ3) is 4.64. The monoisotopic (exact) mass is 368 g/mol. The molecule has 3 heterocycles. The standard InChI is InChI=1S/C19H20N4O2S/c1-12(6-7-13(2)24)19-21-11-16(26-19)15-4-3-5-17(22-15)23-18-10-14(25)8-9-20-18/h3-5,8-12H,6-7H2,1-2H3,(H2,20,22,23,25). The SMILES string of the molecule is CC(=O)CCC(C)c1ncc(-c2cccc(Nc3cc(=O)cc[nH]3)n2)s1. The van der Waals surface area contributed by atoms with Crippen LogP contribution in [0, 0.1) is 0 Å². The Morgan fingerprint density at radius 3 is 2.96 bits per heavy atom. The predicted octanol–water partition coefficient (Wildman–Crippen LogP) is 4.11. The highest BCUT2D eigenvalue weighted by molar-refractivity contribution is 7.15. The van der Waals surface area contributed by atoms with Gasteiger partial charge in [-0.3, -0.25) is 4.79 Å². The van der Waals surface area contributed by atoms with E-state index in [2.05, 4.69) is 27.2 Å². The Labute approximate surface area is 155 Å². The summed E-state index contributed by atoms with van der Waals surface area (Å²) in [6.07, 6.45) is 4.79. The molecule has 0 fully saturated rings. The zero-order valence-corrected chi connectivity index (χ0v) is 15.5. The van der Waals surface area contributed by atoms with Crippen molar-refractivity contribution in [3.05, 3.63) is 58.0 Å². The van der Waals surface area contributed by atoms with Gasteiger partial charge in [-0.15, -0.1) is 11.3 Å². The first-order valence-electron chi connectivity index (χ1n) is 8.39. The number of nitrogens with one attached hydrogen (secondary N) is 2. The number of ketones is 1. The Kier molecular flexibility index (Phi) is 5.58. The number of hydrogen-bond donors (Lipinski definition) is 2. The largest absolute Gasteiger partial charge is 0.348 e. The highest BCUT2D eigenvalue weighted by Gasteiger charge is 2.13. The second-order valence-corrected chi connectivity index (χ2v) is 7.24. The first kappa shape index (κ1) is 18.0. The Balaban J connectivity index is 1.76. The molecule has 1 unspecified atom stereocenters. The molecule has 6 nitrogen and oxygen atoms in total. The van der Waals surface area contributed by atoms with Crippen molar-refractivity contribution >= 4 is 28.8 Å². The number of carbonyl (C=O) groups excluding carboxylic acids is 1. The van der Waals surface area contributed by atoms with E-state index >= 15 is 0 Å². The normalized spacial score (nSPS) is 11.9. The van der Waals surface area contributed by atoms with E-state index in [1.807, 2.05) is 24.4 Å². The summed E-state index contributed by atoms with van der Waals surface area (Å²) >= 11 is 1.59. The number of hydrogen-bond acceptors (Lipinski definition) is 6. The van der Waals surface area contributed by atoms with E-state index in [0.29, 0.717) is 18.1 Å². The van der Waals surface area contributed by atoms with E-state index in [9.17, 15) is 9.59 Å². The average molecular weight is 368 g/mol. The molecule has 1 atom stereocenters. The van der Waals surface area contributed by atoms with Gasteiger partial charge in [0.2, 0.25) is 0 Å². The first-order valence-corrected chi connectivity index (χ1v) is 9.21. The van der Waals surface area contributed by atoms with E-state index in [4.69, 9.17) is 0 Å². The molecular weight excluding hydrogens is 348 g/mol. The van der Waals surface area contributed by atoms with E-state index in [-0.39, 0.29) is 17.1 Å². The maximum atomic E-state index is 11.4. The van der Waals surface area contributed by atoms with Gasteiger partial charge in [-0.2, -0.15) is 0 Å². The Morgan fingerprint density at radius 1 is 1.35 bits per heavy atom. The van der Waals surface area contributed by atoms with Crippen LogP contribution in [0.2, 0.25) is 0 Å². The van der Waals surface area contributed by atoms with Gasteiger partial charge in [0.15, 0.2) is 5.43 Å². The molecule has 0 aliphatic heterocycles. The molecule has 0 spiro atoms. The van der Waals surface area contributed by atoms with E-state index < -0.39 is 0 Å². The molecule has 3 aromatic heterocycles. The topological polar surface area (TPSA) is 87.7 Å². The summed E-state index contributed by atoms with van der Waals surface area (Å²) in [6, 6.07) is 8.62. The molecular formula is C19H20N4O2S. The molecule has 0 amide bonds. The highest BCUT2D eigenvalue weighted by Crippen LogP contribution is 2.31. The second kappa shape index (κ2) is 8.05. The van der Waals surface area contributed by atoms with E-state index in [1.54, 1.807) is 24.5 Å². The first-order chi connectivity index (χ1) is 12.5. The molecule has 2 N–H and O–H groups in total. The molecule has 0 radical (unpaired) electrons. The molecule has 0 saturated heterocycles. The van der Waals surface area contributed by atoms with Gasteiger partial charge in [-0.25, -0.2) is 9.97 Å². The number of pyridine rings is 2. The number of aromatic nitrogens is 3. The fourth-order valence-electron chi connectivity index (χ4n) is 2.47. The van der Waals surface area contributed by atoms with Crippen LogP contribution < -0.4 is 10.7 Å². The quantitative estimate of drug-likeness (QED) is 0.655. The fourth-order valence-corrected chi connectivity index (χ4v) is 3.45. The average Bonchev–Trinajstić information content (AvgIpc) is 3.10. The zero-order valence-electron chi connectivity index (χ0n) is 14.7. The van der Waals surface area contributed by atoms with Crippen molar-refractivity contribution in [1.29, 1.82) is 0 Å². The van der Waals surface area contributed by atoms with Gasteiger partial charge >= 0.3 is 0 Å². The van der Waals surface area contributed by atoms with Crippen LogP contribution in [0.1, 0.15) is 37.6 Å². The number of thiazole rings is 1. The number of anilines is 2. The predicted molar refractivity (Wildman–Crippen MR) is 104 cm³/mol. The Morgan fingerprint density at radius 2 is 2.19 bits per heavy atom. The lowest BCUT2D eigenvalue weighted by Crippen LogP contribution is -2.02. The lowest BCUT2D eigenvalue weighted by molar-refractivity contribution is -0.117. The lowest BCUT2D eigenvalue weighted by atomic mass is 10.1. The summed E-state index contributed by atoms with van der Waals surface area (Å²) in [5.74, 6) is 1.68. The number of nitrogens with zero attached hydrogens (tertiary/aromatic N) is 2. The Hall–Kier alpha value is -2.80. The highest BCUT2D eigenvalue weighted by atomic mass is 32.1. The third-order valence-corrected chi connectivity index (χ3v) is 5.16. The summed E-state index contributed by atoms with van der Waals surface area (Å²) < 4.78 is 0. The van der Waals surface area contributed by atoms with Crippen molar-refractivity contribution in [2.75, 3.05) is 5.32 Å². The van der Waals surface area contributed by atoms with Crippen LogP contribution >= 0.6 is 11.3 Å². The smallest absolute Gasteiger partial charge is 0.183 e. The Bertz CT molecular complexity index is 964. The number of carbonyl (C=O) groups is 1. The number of aromatic amines is 1. The van der Waals surface area contributed by atoms with Crippen molar-refractivity contribution in [1.82, 2.24) is 15.0 Å². The molecule has 0 aromatic carbocycles. The van der Waals surface area contributed by atoms with Crippen molar-refractivity contribution in [2.24, 2.45) is 0 Å². The van der Waals surface area contributed by atoms with Gasteiger partial charge in [0.25, 0.3) is 0 Å². The van der Waals surface area contributed by atoms with Gasteiger partial charge in [0.1, 0.15) is 17.4 Å². The van der Waals surface area contributed by atoms with Crippen LogP contribution in [0.15, 0.2) is 47.5 Å². The van der Waals surface area contributed by atoms with Crippen LogP contribution in [-0.2, 0) is 4.79 Å². The minimum Gasteiger partial charge on any atom is -0.348 e. The van der Waals surface area contributed by atoms with Crippen molar-refractivity contribution in [3.8, 4) is 10.6 Å². The molecule has 26 heavy (non-hydrogen) atoms. The van der Waals surface area contributed by atoms with Gasteiger partial charge < -0.3 is 15.1 Å². The van der Waals surface area contributed by atoms with Crippen molar-refractivity contribution < 1.29 is 4.79 Å². The molecule has 3 rings (SSSR count). The van der Waals surface area contributed by atoms with Crippen molar-refractivity contribution in [3.63, 3.8) is 0 Å². The summed E-state index contributed by atoms with van der Waals surface area (Å²) in [5, 5.41) is 4.11. The molecule has 0 bridgehead atoms. The maximum absolute atomic E-state index is 11.4. The lowest BCUT2D eigenvalue weighted by Gasteiger charge is -2.07. The molecule has 0 aliphatic rings. The van der Waals surface area contributed by atoms with Crippen LogP contribution in [0.25, 0.3) is 10.6 Å². The van der Waals surface area contributed by atoms with E-state index in [0.717, 1.165) is 22.0 Å². The molecule has 7 heteroatoms. The molecule has 134 valence electrons. The summed E-state index contributed by atoms with van der Waals surface area (Å²) in [6.45, 7) is 3.70. The van der Waals surface area contributed by atoms with Gasteiger partial charge in [0.05, 0.1) is 15.6 Å². The van der Waals surface area contributed by atoms with Crippen LogP contribution in [0.5, 0.6) is 0 Å². The van der Waals surface area contributed by atoms with Crippen LogP contribution in [-0.4, -0.2) is 20.7 Å². The fraction of sp³-hybridized carbons (Fsp3) is 0.263. The zero-order chi connectivity index (χ0) is 18.5. The van der Waals surface area contributed by atoms with Crippen molar-refractivity contribution in [2.45, 2.75) is 32.6 Å². The number of Topliss-reactive ketones (excluding diaryl/α,β-unsaturated/α-hetero) is 1. The van der Waals surface area contributed by atoms with Gasteiger partial charge in [-0.05, 0) is 25.5 Å². The minimum atomic E-state index is -0.0750.